The molecule has 168 valence electrons. The Bertz CT molecular complexity index is 1030. The summed E-state index contributed by atoms with van der Waals surface area (Å²) in [5.41, 5.74) is -0.0976. The summed E-state index contributed by atoms with van der Waals surface area (Å²) in [6.45, 7) is 3.17. The Kier molecular flexibility index (Phi) is 7.71. The van der Waals surface area contributed by atoms with E-state index >= 15 is 0 Å². The van der Waals surface area contributed by atoms with Crippen LogP contribution < -0.4 is 20.7 Å². The van der Waals surface area contributed by atoms with Gasteiger partial charge in [0.25, 0.3) is 5.91 Å². The molecule has 2 aromatic rings. The molecule has 2 amide bonds. The average molecular weight is 485 g/mol. The summed E-state index contributed by atoms with van der Waals surface area (Å²) < 4.78 is 27.7. The zero-order valence-electron chi connectivity index (χ0n) is 17.0. The Balaban J connectivity index is 1.58. The summed E-state index contributed by atoms with van der Waals surface area (Å²) in [7, 11) is -3.66. The summed E-state index contributed by atoms with van der Waals surface area (Å²) >= 11 is 7.06. The van der Waals surface area contributed by atoms with E-state index in [0.29, 0.717) is 35.1 Å². The Hall–Kier alpha value is -1.98. The first kappa shape index (κ1) is 23.7. The van der Waals surface area contributed by atoms with Gasteiger partial charge in [-0.2, -0.15) is 0 Å². The number of nitrogens with one attached hydrogen (secondary N) is 4. The van der Waals surface area contributed by atoms with Gasteiger partial charge < -0.3 is 16.0 Å². The Morgan fingerprint density at radius 3 is 2.39 bits per heavy atom. The first-order valence-corrected chi connectivity index (χ1v) is 12.5. The van der Waals surface area contributed by atoms with Crippen molar-refractivity contribution in [2.24, 2.45) is 0 Å². The molecule has 1 aromatic carbocycles. The highest BCUT2D eigenvalue weighted by Crippen LogP contribution is 2.24. The fourth-order valence-electron chi connectivity index (χ4n) is 3.31. The molecule has 3 rings (SSSR count). The lowest BCUT2D eigenvalue weighted by molar-refractivity contribution is -0.128. The number of halogens is 1. The smallest absolute Gasteiger partial charge is 0.262 e. The van der Waals surface area contributed by atoms with Crippen molar-refractivity contribution in [3.05, 3.63) is 51.2 Å². The largest absolute Gasteiger partial charge is 0.353 e. The molecular formula is C20H25ClN4O4S2. The second-order valence-corrected chi connectivity index (χ2v) is 10.8. The lowest BCUT2D eigenvalue weighted by atomic mass is 9.87. The van der Waals surface area contributed by atoms with Crippen LogP contribution in [0.2, 0.25) is 4.34 Å². The van der Waals surface area contributed by atoms with Gasteiger partial charge in [-0.15, -0.1) is 11.3 Å². The molecule has 1 aromatic heterocycles. The lowest BCUT2D eigenvalue weighted by Gasteiger charge is -2.36. The number of carbonyl (C=O) groups excluding carboxylic acids is 2. The number of carbonyl (C=O) groups is 2. The predicted octanol–water partition coefficient (Wildman–Crippen LogP) is 1.66. The first-order valence-electron chi connectivity index (χ1n) is 9.85. The van der Waals surface area contributed by atoms with Crippen LogP contribution in [0.25, 0.3) is 0 Å². The molecular weight excluding hydrogens is 460 g/mol. The van der Waals surface area contributed by atoms with Gasteiger partial charge in [-0.05, 0) is 57.1 Å². The van der Waals surface area contributed by atoms with Crippen molar-refractivity contribution < 1.29 is 18.0 Å². The Morgan fingerprint density at radius 2 is 1.77 bits per heavy atom. The van der Waals surface area contributed by atoms with E-state index in [-0.39, 0.29) is 29.8 Å². The van der Waals surface area contributed by atoms with Gasteiger partial charge in [0.05, 0.1) is 14.1 Å². The SMILES string of the molecule is Cc1ccc(S(=O)(=O)NCCNC(=O)C2(NC(=O)c3ccc(Cl)s3)CCNCC2)cc1. The molecule has 0 unspecified atom stereocenters. The fraction of sp³-hybridized carbons (Fsp3) is 0.400. The van der Waals surface area contributed by atoms with E-state index in [1.807, 2.05) is 6.92 Å². The van der Waals surface area contributed by atoms with E-state index in [1.54, 1.807) is 24.3 Å². The summed E-state index contributed by atoms with van der Waals surface area (Å²) in [6.07, 6.45) is 0.859. The summed E-state index contributed by atoms with van der Waals surface area (Å²) in [5.74, 6) is -0.687. The second kappa shape index (κ2) is 10.1. The number of sulfonamides is 1. The maximum absolute atomic E-state index is 13.0. The van der Waals surface area contributed by atoms with Crippen molar-refractivity contribution in [2.75, 3.05) is 26.2 Å². The fourth-order valence-corrected chi connectivity index (χ4v) is 5.28. The van der Waals surface area contributed by atoms with Crippen LogP contribution in [0.4, 0.5) is 0 Å². The Labute approximate surface area is 190 Å². The molecule has 4 N–H and O–H groups in total. The summed E-state index contributed by atoms with van der Waals surface area (Å²) in [5, 5.41) is 8.81. The number of hydrogen-bond acceptors (Lipinski definition) is 6. The van der Waals surface area contributed by atoms with Gasteiger partial charge in [0.2, 0.25) is 15.9 Å². The zero-order valence-corrected chi connectivity index (χ0v) is 19.4. The van der Waals surface area contributed by atoms with Crippen LogP contribution in [0.15, 0.2) is 41.3 Å². The third-order valence-corrected chi connectivity index (χ3v) is 7.78. The quantitative estimate of drug-likeness (QED) is 0.425. The maximum Gasteiger partial charge on any atom is 0.262 e. The van der Waals surface area contributed by atoms with E-state index in [1.165, 1.54) is 12.1 Å². The highest BCUT2D eigenvalue weighted by atomic mass is 35.5. The number of thiophene rings is 1. The van der Waals surface area contributed by atoms with Crippen LogP contribution in [0.5, 0.6) is 0 Å². The van der Waals surface area contributed by atoms with Gasteiger partial charge in [0.1, 0.15) is 5.54 Å². The first-order chi connectivity index (χ1) is 14.7. The second-order valence-electron chi connectivity index (χ2n) is 7.36. The van der Waals surface area contributed by atoms with Gasteiger partial charge in [-0.25, -0.2) is 13.1 Å². The van der Waals surface area contributed by atoms with Crippen molar-refractivity contribution in [1.29, 1.82) is 0 Å². The van der Waals surface area contributed by atoms with E-state index < -0.39 is 15.6 Å². The number of aryl methyl sites for hydroxylation is 1. The maximum atomic E-state index is 13.0. The zero-order chi connectivity index (χ0) is 22.5. The van der Waals surface area contributed by atoms with Crippen molar-refractivity contribution in [3.8, 4) is 0 Å². The molecule has 2 heterocycles. The lowest BCUT2D eigenvalue weighted by Crippen LogP contribution is -2.63. The van der Waals surface area contributed by atoms with Crippen molar-refractivity contribution in [1.82, 2.24) is 20.7 Å². The summed E-state index contributed by atoms with van der Waals surface area (Å²) in [6, 6.07) is 9.77. The number of benzene rings is 1. The van der Waals surface area contributed by atoms with E-state index in [4.69, 9.17) is 11.6 Å². The van der Waals surface area contributed by atoms with E-state index in [0.717, 1.165) is 16.9 Å². The number of rotatable bonds is 8. The van der Waals surface area contributed by atoms with Gasteiger partial charge >= 0.3 is 0 Å². The molecule has 1 aliphatic heterocycles. The van der Waals surface area contributed by atoms with Crippen molar-refractivity contribution in [3.63, 3.8) is 0 Å². The molecule has 0 bridgehead atoms. The van der Waals surface area contributed by atoms with Gasteiger partial charge in [0.15, 0.2) is 0 Å². The molecule has 0 aliphatic carbocycles. The predicted molar refractivity (Wildman–Crippen MR) is 121 cm³/mol. The molecule has 1 aliphatic rings. The Morgan fingerprint density at radius 1 is 1.10 bits per heavy atom. The third-order valence-electron chi connectivity index (χ3n) is 5.08. The molecule has 1 fully saturated rings. The van der Waals surface area contributed by atoms with Crippen LogP contribution in [0.1, 0.15) is 28.1 Å². The molecule has 0 saturated carbocycles. The molecule has 0 radical (unpaired) electrons. The van der Waals surface area contributed by atoms with E-state index in [2.05, 4.69) is 20.7 Å². The average Bonchev–Trinajstić information content (AvgIpc) is 3.18. The van der Waals surface area contributed by atoms with Crippen LogP contribution in [0.3, 0.4) is 0 Å². The highest BCUT2D eigenvalue weighted by Gasteiger charge is 2.41. The van der Waals surface area contributed by atoms with Crippen molar-refractivity contribution >= 4 is 44.8 Å². The number of amides is 2. The normalized spacial score (nSPS) is 15.9. The van der Waals surface area contributed by atoms with Crippen LogP contribution in [0, 0.1) is 6.92 Å². The molecule has 0 atom stereocenters. The van der Waals surface area contributed by atoms with Gasteiger partial charge in [0, 0.05) is 13.1 Å². The minimum absolute atomic E-state index is 0.0325. The molecule has 8 nitrogen and oxygen atoms in total. The van der Waals surface area contributed by atoms with Gasteiger partial charge in [-0.3, -0.25) is 9.59 Å². The monoisotopic (exact) mass is 484 g/mol. The van der Waals surface area contributed by atoms with Crippen LogP contribution in [-0.2, 0) is 14.8 Å². The molecule has 0 spiro atoms. The highest BCUT2D eigenvalue weighted by molar-refractivity contribution is 7.89. The topological polar surface area (TPSA) is 116 Å². The number of hydrogen-bond donors (Lipinski definition) is 4. The molecule has 11 heteroatoms. The van der Waals surface area contributed by atoms with Crippen molar-refractivity contribution in [2.45, 2.75) is 30.2 Å². The van der Waals surface area contributed by atoms with Crippen LogP contribution >= 0.6 is 22.9 Å². The molecule has 1 saturated heterocycles. The van der Waals surface area contributed by atoms with Gasteiger partial charge in [-0.1, -0.05) is 29.3 Å². The van der Waals surface area contributed by atoms with Crippen LogP contribution in [-0.4, -0.2) is 52.0 Å². The minimum Gasteiger partial charge on any atom is -0.353 e. The summed E-state index contributed by atoms with van der Waals surface area (Å²) in [4.78, 5) is 26.2. The number of piperidine rings is 1. The third kappa shape index (κ3) is 6.05. The minimum atomic E-state index is -3.66. The van der Waals surface area contributed by atoms with E-state index in [9.17, 15) is 18.0 Å². The standard InChI is InChI=1S/C20H25ClN4O4S2/c1-14-2-4-15(5-3-14)31(28,29)24-13-12-23-19(27)20(8-10-22-11-9-20)25-18(26)16-6-7-17(21)30-16/h2-7,22,24H,8-13H2,1H3,(H,23,27)(H,25,26). The molecule has 31 heavy (non-hydrogen) atoms.